The molecule has 1 unspecified atom stereocenters. The number of rotatable bonds is 4. The lowest BCUT2D eigenvalue weighted by Gasteiger charge is -2.39. The zero-order valence-electron chi connectivity index (χ0n) is 16.3. The Labute approximate surface area is 156 Å². The van der Waals surface area contributed by atoms with E-state index >= 15 is 0 Å². The maximum atomic E-state index is 13.2. The maximum absolute atomic E-state index is 13.2. The molecule has 0 aromatic rings. The Balaban J connectivity index is 1.68. The Morgan fingerprint density at radius 1 is 1.23 bits per heavy atom. The fraction of sp³-hybridized carbons (Fsp3) is 0.842. The molecule has 3 saturated heterocycles. The van der Waals surface area contributed by atoms with Crippen LogP contribution in [0.25, 0.3) is 0 Å². The Bertz CT molecular complexity index is 569. The zero-order valence-corrected chi connectivity index (χ0v) is 16.3. The van der Waals surface area contributed by atoms with Gasteiger partial charge < -0.3 is 15.1 Å². The highest BCUT2D eigenvalue weighted by Crippen LogP contribution is 2.32. The third-order valence-electron chi connectivity index (χ3n) is 6.01. The van der Waals surface area contributed by atoms with Crippen LogP contribution in [-0.4, -0.2) is 76.8 Å². The Kier molecular flexibility index (Phi) is 5.55. The lowest BCUT2D eigenvalue weighted by molar-refractivity contribution is -0.140. The van der Waals surface area contributed by atoms with Crippen LogP contribution in [0.1, 0.15) is 52.9 Å². The number of imide groups is 1. The molecule has 3 rings (SSSR count). The van der Waals surface area contributed by atoms with E-state index < -0.39 is 5.54 Å². The van der Waals surface area contributed by atoms with E-state index in [4.69, 9.17) is 0 Å². The molecule has 3 heterocycles. The molecular weight excluding hydrogens is 332 g/mol. The van der Waals surface area contributed by atoms with Gasteiger partial charge in [0, 0.05) is 32.1 Å². The number of carbonyl (C=O) groups excluding carboxylic acids is 3. The smallest absolute Gasteiger partial charge is 0.325 e. The third-order valence-corrected chi connectivity index (χ3v) is 6.01. The van der Waals surface area contributed by atoms with Crippen molar-refractivity contribution in [3.05, 3.63) is 0 Å². The number of hydrogen-bond donors (Lipinski definition) is 1. The summed E-state index contributed by atoms with van der Waals surface area (Å²) in [6.45, 7) is 9.84. The summed E-state index contributed by atoms with van der Waals surface area (Å²) in [6, 6.07) is -0.477. The topological polar surface area (TPSA) is 73.0 Å². The molecule has 0 saturated carbocycles. The first-order valence-electron chi connectivity index (χ1n) is 10.0. The van der Waals surface area contributed by atoms with E-state index in [0.29, 0.717) is 25.9 Å². The van der Waals surface area contributed by atoms with Gasteiger partial charge in [-0.05, 0) is 38.6 Å². The molecule has 7 nitrogen and oxygen atoms in total. The molecule has 0 aromatic heterocycles. The summed E-state index contributed by atoms with van der Waals surface area (Å²) in [5.41, 5.74) is -0.730. The van der Waals surface area contributed by atoms with Gasteiger partial charge in [-0.2, -0.15) is 0 Å². The number of piperidine rings is 2. The van der Waals surface area contributed by atoms with Gasteiger partial charge in [0.05, 0.1) is 6.04 Å². The van der Waals surface area contributed by atoms with Crippen LogP contribution in [0.5, 0.6) is 0 Å². The van der Waals surface area contributed by atoms with Gasteiger partial charge in [-0.15, -0.1) is 0 Å². The number of amides is 4. The molecule has 4 amide bonds. The lowest BCUT2D eigenvalue weighted by atomic mass is 9.87. The molecule has 1 atom stereocenters. The fourth-order valence-corrected chi connectivity index (χ4v) is 4.52. The van der Waals surface area contributed by atoms with Gasteiger partial charge in [0.1, 0.15) is 5.54 Å². The Morgan fingerprint density at radius 2 is 1.92 bits per heavy atom. The number of nitrogens with zero attached hydrogens (tertiary/aromatic N) is 3. The van der Waals surface area contributed by atoms with E-state index in [9.17, 15) is 14.4 Å². The average molecular weight is 364 g/mol. The van der Waals surface area contributed by atoms with Gasteiger partial charge in [0.15, 0.2) is 0 Å². The van der Waals surface area contributed by atoms with Crippen LogP contribution >= 0.6 is 0 Å². The van der Waals surface area contributed by atoms with Crippen molar-refractivity contribution < 1.29 is 14.4 Å². The Morgan fingerprint density at radius 3 is 2.54 bits per heavy atom. The first-order chi connectivity index (χ1) is 12.4. The van der Waals surface area contributed by atoms with Gasteiger partial charge in [-0.3, -0.25) is 14.5 Å². The molecule has 7 heteroatoms. The molecule has 0 bridgehead atoms. The summed E-state index contributed by atoms with van der Waals surface area (Å²) >= 11 is 0. The first kappa shape index (κ1) is 19.1. The summed E-state index contributed by atoms with van der Waals surface area (Å²) in [5.74, 6) is -0.0436. The van der Waals surface area contributed by atoms with Crippen LogP contribution in [0.15, 0.2) is 0 Å². The van der Waals surface area contributed by atoms with Gasteiger partial charge in [0.2, 0.25) is 5.91 Å². The van der Waals surface area contributed by atoms with Crippen molar-refractivity contribution in [3.63, 3.8) is 0 Å². The maximum Gasteiger partial charge on any atom is 0.325 e. The fourth-order valence-electron chi connectivity index (χ4n) is 4.52. The van der Waals surface area contributed by atoms with Crippen LogP contribution in [0.3, 0.4) is 0 Å². The normalized spacial score (nSPS) is 26.7. The second-order valence-corrected chi connectivity index (χ2v) is 8.26. The minimum Gasteiger partial charge on any atom is -0.340 e. The molecule has 26 heavy (non-hydrogen) atoms. The SMILES string of the molecule is CCCN1CCC2(CC1)NC(=O)N(C1CCCN(C(=O)C(C)C)C1)C2=O. The molecule has 3 aliphatic rings. The van der Waals surface area contributed by atoms with E-state index in [1.807, 2.05) is 18.7 Å². The second-order valence-electron chi connectivity index (χ2n) is 8.26. The van der Waals surface area contributed by atoms with Crippen LogP contribution in [-0.2, 0) is 9.59 Å². The average Bonchev–Trinajstić information content (AvgIpc) is 2.86. The van der Waals surface area contributed by atoms with Crippen molar-refractivity contribution in [2.24, 2.45) is 5.92 Å². The molecule has 0 radical (unpaired) electrons. The second kappa shape index (κ2) is 7.55. The first-order valence-corrected chi connectivity index (χ1v) is 10.0. The van der Waals surface area contributed by atoms with Crippen LogP contribution < -0.4 is 5.32 Å². The van der Waals surface area contributed by atoms with E-state index in [1.54, 1.807) is 0 Å². The molecule has 3 aliphatic heterocycles. The van der Waals surface area contributed by atoms with Crippen molar-refractivity contribution in [3.8, 4) is 0 Å². The predicted octanol–water partition coefficient (Wildman–Crippen LogP) is 1.43. The molecule has 0 aromatic carbocycles. The number of likely N-dealkylation sites (tertiary alicyclic amines) is 2. The number of carbonyl (C=O) groups is 3. The highest BCUT2D eigenvalue weighted by atomic mass is 16.2. The number of nitrogens with one attached hydrogen (secondary N) is 1. The molecular formula is C19H32N4O3. The van der Waals surface area contributed by atoms with Crippen molar-refractivity contribution in [2.75, 3.05) is 32.7 Å². The van der Waals surface area contributed by atoms with Gasteiger partial charge in [0.25, 0.3) is 5.91 Å². The van der Waals surface area contributed by atoms with Gasteiger partial charge >= 0.3 is 6.03 Å². The van der Waals surface area contributed by atoms with Crippen molar-refractivity contribution >= 4 is 17.8 Å². The van der Waals surface area contributed by atoms with Gasteiger partial charge in [-0.25, -0.2) is 4.79 Å². The third kappa shape index (κ3) is 3.46. The predicted molar refractivity (Wildman–Crippen MR) is 98.5 cm³/mol. The van der Waals surface area contributed by atoms with E-state index in [2.05, 4.69) is 17.1 Å². The van der Waals surface area contributed by atoms with Crippen LogP contribution in [0, 0.1) is 5.92 Å². The Hall–Kier alpha value is -1.63. The summed E-state index contributed by atoms with van der Waals surface area (Å²) in [7, 11) is 0. The largest absolute Gasteiger partial charge is 0.340 e. The minimum absolute atomic E-state index is 0.0638. The molecule has 1 N–H and O–H groups in total. The molecule has 0 aliphatic carbocycles. The number of urea groups is 1. The molecule has 3 fully saturated rings. The zero-order chi connectivity index (χ0) is 18.9. The molecule has 1 spiro atoms. The summed E-state index contributed by atoms with van der Waals surface area (Å²) in [4.78, 5) is 43.8. The summed E-state index contributed by atoms with van der Waals surface area (Å²) in [6.07, 6.45) is 4.06. The highest BCUT2D eigenvalue weighted by molar-refractivity contribution is 6.07. The molecule has 146 valence electrons. The van der Waals surface area contributed by atoms with E-state index in [1.165, 1.54) is 4.90 Å². The van der Waals surface area contributed by atoms with Crippen LogP contribution in [0.4, 0.5) is 4.79 Å². The van der Waals surface area contributed by atoms with E-state index in [0.717, 1.165) is 38.9 Å². The van der Waals surface area contributed by atoms with Crippen molar-refractivity contribution in [2.45, 2.75) is 64.5 Å². The quantitative estimate of drug-likeness (QED) is 0.766. The summed E-state index contributed by atoms with van der Waals surface area (Å²) < 4.78 is 0. The highest BCUT2D eigenvalue weighted by Gasteiger charge is 2.54. The van der Waals surface area contributed by atoms with Gasteiger partial charge in [-0.1, -0.05) is 20.8 Å². The summed E-state index contributed by atoms with van der Waals surface area (Å²) in [5, 5.41) is 3.00. The van der Waals surface area contributed by atoms with Crippen molar-refractivity contribution in [1.29, 1.82) is 0 Å². The van der Waals surface area contributed by atoms with E-state index in [-0.39, 0.29) is 29.8 Å². The number of hydrogen-bond acceptors (Lipinski definition) is 4. The minimum atomic E-state index is -0.730. The lowest BCUT2D eigenvalue weighted by Crippen LogP contribution is -2.56. The van der Waals surface area contributed by atoms with Crippen LogP contribution in [0.2, 0.25) is 0 Å². The standard InChI is InChI=1S/C19H32N4O3/c1-4-9-21-11-7-19(8-12-21)17(25)23(18(26)20-19)15-6-5-10-22(13-15)16(24)14(2)3/h14-15H,4-13H2,1-3H3,(H,20,26). The van der Waals surface area contributed by atoms with Crippen molar-refractivity contribution in [1.82, 2.24) is 20.0 Å². The monoisotopic (exact) mass is 364 g/mol.